The molecule has 27 heavy (non-hydrogen) atoms. The van der Waals surface area contributed by atoms with E-state index in [0.29, 0.717) is 24.2 Å². The van der Waals surface area contributed by atoms with E-state index in [1.807, 2.05) is 41.1 Å². The molecule has 0 aliphatic carbocycles. The molecule has 6 nitrogen and oxygen atoms in total. The SMILES string of the molecule is O=C(Cc1ccccc1)Nc1ccc(C(=O)NCCCn2ccnc2)cc1. The molecule has 0 aliphatic heterocycles. The summed E-state index contributed by atoms with van der Waals surface area (Å²) in [7, 11) is 0. The first kappa shape index (κ1) is 18.4. The zero-order valence-electron chi connectivity index (χ0n) is 15.0. The smallest absolute Gasteiger partial charge is 0.251 e. The Kier molecular flexibility index (Phi) is 6.35. The molecule has 0 unspecified atom stereocenters. The molecule has 2 amide bonds. The number of nitrogens with one attached hydrogen (secondary N) is 2. The Morgan fingerprint density at radius 3 is 2.48 bits per heavy atom. The Hall–Kier alpha value is -3.41. The van der Waals surface area contributed by atoms with Crippen LogP contribution in [-0.4, -0.2) is 27.9 Å². The fraction of sp³-hybridized carbons (Fsp3) is 0.190. The van der Waals surface area contributed by atoms with Crippen molar-refractivity contribution >= 4 is 17.5 Å². The fourth-order valence-corrected chi connectivity index (χ4v) is 2.68. The number of amides is 2. The number of aryl methyl sites for hydroxylation is 1. The van der Waals surface area contributed by atoms with E-state index in [0.717, 1.165) is 18.5 Å². The van der Waals surface area contributed by atoms with Crippen LogP contribution < -0.4 is 10.6 Å². The average Bonchev–Trinajstić information content (AvgIpc) is 3.20. The number of benzene rings is 2. The lowest BCUT2D eigenvalue weighted by atomic mass is 10.1. The van der Waals surface area contributed by atoms with Gasteiger partial charge in [-0.3, -0.25) is 9.59 Å². The van der Waals surface area contributed by atoms with Crippen LogP contribution in [0.15, 0.2) is 73.3 Å². The van der Waals surface area contributed by atoms with Crippen molar-refractivity contribution in [1.29, 1.82) is 0 Å². The van der Waals surface area contributed by atoms with Crippen molar-refractivity contribution < 1.29 is 9.59 Å². The Balaban J connectivity index is 1.43. The van der Waals surface area contributed by atoms with Gasteiger partial charge in [0.15, 0.2) is 0 Å². The Bertz CT molecular complexity index is 859. The van der Waals surface area contributed by atoms with Crippen LogP contribution in [0.25, 0.3) is 0 Å². The number of rotatable bonds is 8. The lowest BCUT2D eigenvalue weighted by molar-refractivity contribution is -0.115. The van der Waals surface area contributed by atoms with Crippen molar-refractivity contribution in [2.75, 3.05) is 11.9 Å². The predicted molar refractivity (Wildman–Crippen MR) is 104 cm³/mol. The largest absolute Gasteiger partial charge is 0.352 e. The van der Waals surface area contributed by atoms with E-state index in [9.17, 15) is 9.59 Å². The van der Waals surface area contributed by atoms with Gasteiger partial charge in [0.25, 0.3) is 5.91 Å². The number of imidazole rings is 1. The maximum absolute atomic E-state index is 12.2. The Morgan fingerprint density at radius 2 is 1.78 bits per heavy atom. The van der Waals surface area contributed by atoms with E-state index >= 15 is 0 Å². The Labute approximate surface area is 158 Å². The minimum atomic E-state index is -0.122. The highest BCUT2D eigenvalue weighted by Gasteiger charge is 2.07. The summed E-state index contributed by atoms with van der Waals surface area (Å²) in [6.45, 7) is 1.40. The quantitative estimate of drug-likeness (QED) is 0.605. The van der Waals surface area contributed by atoms with Crippen molar-refractivity contribution in [3.05, 3.63) is 84.4 Å². The summed E-state index contributed by atoms with van der Waals surface area (Å²) in [5.41, 5.74) is 2.20. The number of carbonyl (C=O) groups excluding carboxylic acids is 2. The van der Waals surface area contributed by atoms with E-state index < -0.39 is 0 Å². The first-order valence-corrected chi connectivity index (χ1v) is 8.88. The molecule has 0 saturated heterocycles. The van der Waals surface area contributed by atoms with Gasteiger partial charge in [-0.1, -0.05) is 30.3 Å². The fourth-order valence-electron chi connectivity index (χ4n) is 2.68. The van der Waals surface area contributed by atoms with Gasteiger partial charge in [0.2, 0.25) is 5.91 Å². The van der Waals surface area contributed by atoms with Crippen molar-refractivity contribution in [3.8, 4) is 0 Å². The molecule has 138 valence electrons. The van der Waals surface area contributed by atoms with Crippen molar-refractivity contribution in [3.63, 3.8) is 0 Å². The van der Waals surface area contributed by atoms with Gasteiger partial charge in [-0.05, 0) is 36.2 Å². The van der Waals surface area contributed by atoms with E-state index in [1.54, 1.807) is 36.8 Å². The third kappa shape index (κ3) is 5.81. The lowest BCUT2D eigenvalue weighted by Gasteiger charge is -2.08. The summed E-state index contributed by atoms with van der Waals surface area (Å²) in [6.07, 6.45) is 6.54. The maximum Gasteiger partial charge on any atom is 0.251 e. The number of aromatic nitrogens is 2. The van der Waals surface area contributed by atoms with Gasteiger partial charge in [0, 0.05) is 36.7 Å². The van der Waals surface area contributed by atoms with Gasteiger partial charge in [0.1, 0.15) is 0 Å². The number of hydrogen-bond donors (Lipinski definition) is 2. The van der Waals surface area contributed by atoms with Gasteiger partial charge in [-0.2, -0.15) is 0 Å². The highest BCUT2D eigenvalue weighted by Crippen LogP contribution is 2.11. The molecule has 2 N–H and O–H groups in total. The summed E-state index contributed by atoms with van der Waals surface area (Å²) >= 11 is 0. The van der Waals surface area contributed by atoms with E-state index in [4.69, 9.17) is 0 Å². The number of nitrogens with zero attached hydrogens (tertiary/aromatic N) is 2. The summed E-state index contributed by atoms with van der Waals surface area (Å²) in [4.78, 5) is 28.2. The summed E-state index contributed by atoms with van der Waals surface area (Å²) in [6, 6.07) is 16.5. The van der Waals surface area contributed by atoms with Crippen LogP contribution in [0.1, 0.15) is 22.3 Å². The third-order valence-corrected chi connectivity index (χ3v) is 4.08. The highest BCUT2D eigenvalue weighted by molar-refractivity contribution is 5.96. The highest BCUT2D eigenvalue weighted by atomic mass is 16.2. The molecular formula is C21H22N4O2. The molecule has 0 bridgehead atoms. The van der Waals surface area contributed by atoms with Crippen molar-refractivity contribution in [2.45, 2.75) is 19.4 Å². The zero-order chi connectivity index (χ0) is 18.9. The third-order valence-electron chi connectivity index (χ3n) is 4.08. The molecular weight excluding hydrogens is 340 g/mol. The van der Waals surface area contributed by atoms with Gasteiger partial charge in [-0.15, -0.1) is 0 Å². The molecule has 0 radical (unpaired) electrons. The molecule has 0 saturated carbocycles. The van der Waals surface area contributed by atoms with Gasteiger partial charge in [-0.25, -0.2) is 4.98 Å². The van der Waals surface area contributed by atoms with Gasteiger partial charge >= 0.3 is 0 Å². The second-order valence-corrected chi connectivity index (χ2v) is 6.20. The number of anilines is 1. The number of carbonyl (C=O) groups is 2. The topological polar surface area (TPSA) is 76.0 Å². The van der Waals surface area contributed by atoms with Crippen LogP contribution in [0.5, 0.6) is 0 Å². The standard InChI is InChI=1S/C21H22N4O2/c26-20(15-17-5-2-1-3-6-17)24-19-9-7-18(8-10-19)21(27)23-11-4-13-25-14-12-22-16-25/h1-3,5-10,12,14,16H,4,11,13,15H2,(H,23,27)(H,24,26). The number of hydrogen-bond acceptors (Lipinski definition) is 3. The molecule has 0 atom stereocenters. The monoisotopic (exact) mass is 362 g/mol. The molecule has 2 aromatic carbocycles. The Morgan fingerprint density at radius 1 is 1.00 bits per heavy atom. The minimum Gasteiger partial charge on any atom is -0.352 e. The van der Waals surface area contributed by atoms with Crippen LogP contribution in [-0.2, 0) is 17.8 Å². The van der Waals surface area contributed by atoms with Gasteiger partial charge < -0.3 is 15.2 Å². The minimum absolute atomic E-state index is 0.0853. The van der Waals surface area contributed by atoms with Crippen LogP contribution >= 0.6 is 0 Å². The summed E-state index contributed by atoms with van der Waals surface area (Å²) in [5.74, 6) is -0.208. The van der Waals surface area contributed by atoms with Crippen LogP contribution in [0.3, 0.4) is 0 Å². The van der Waals surface area contributed by atoms with Crippen molar-refractivity contribution in [2.24, 2.45) is 0 Å². The van der Waals surface area contributed by atoms with Crippen molar-refractivity contribution in [1.82, 2.24) is 14.9 Å². The van der Waals surface area contributed by atoms with E-state index in [-0.39, 0.29) is 11.8 Å². The zero-order valence-corrected chi connectivity index (χ0v) is 15.0. The second kappa shape index (κ2) is 9.33. The molecule has 6 heteroatoms. The average molecular weight is 362 g/mol. The van der Waals surface area contributed by atoms with Crippen LogP contribution in [0.4, 0.5) is 5.69 Å². The first-order valence-electron chi connectivity index (χ1n) is 8.88. The summed E-state index contributed by atoms with van der Waals surface area (Å²) in [5, 5.41) is 5.74. The first-order chi connectivity index (χ1) is 13.2. The van der Waals surface area contributed by atoms with Crippen LogP contribution in [0.2, 0.25) is 0 Å². The molecule has 0 spiro atoms. The van der Waals surface area contributed by atoms with E-state index in [2.05, 4.69) is 15.6 Å². The van der Waals surface area contributed by atoms with Gasteiger partial charge in [0.05, 0.1) is 12.7 Å². The maximum atomic E-state index is 12.2. The molecule has 3 rings (SSSR count). The molecule has 1 aromatic heterocycles. The molecule has 0 fully saturated rings. The molecule has 3 aromatic rings. The van der Waals surface area contributed by atoms with E-state index in [1.165, 1.54) is 0 Å². The summed E-state index contributed by atoms with van der Waals surface area (Å²) < 4.78 is 1.97. The molecule has 0 aliphatic rings. The predicted octanol–water partition coefficient (Wildman–Crippen LogP) is 2.88. The normalized spacial score (nSPS) is 10.4. The lowest BCUT2D eigenvalue weighted by Crippen LogP contribution is -2.25. The molecule has 1 heterocycles. The van der Waals surface area contributed by atoms with Crippen LogP contribution in [0, 0.1) is 0 Å². The second-order valence-electron chi connectivity index (χ2n) is 6.20.